The van der Waals surface area contributed by atoms with E-state index in [0.717, 1.165) is 51.8 Å². The first-order valence-electron chi connectivity index (χ1n) is 9.02. The van der Waals surface area contributed by atoms with E-state index in [1.165, 1.54) is 5.56 Å². The van der Waals surface area contributed by atoms with Crippen molar-refractivity contribution in [2.45, 2.75) is 57.6 Å². The van der Waals surface area contributed by atoms with Crippen molar-refractivity contribution in [2.24, 2.45) is 11.8 Å². The summed E-state index contributed by atoms with van der Waals surface area (Å²) in [6, 6.07) is 0.427. The summed E-state index contributed by atoms with van der Waals surface area (Å²) in [6.07, 6.45) is 9.15. The average molecular weight is 317 g/mol. The van der Waals surface area contributed by atoms with E-state index in [4.69, 9.17) is 4.74 Å². The number of rotatable bonds is 4. The molecule has 126 valence electrons. The van der Waals surface area contributed by atoms with Crippen molar-refractivity contribution in [2.75, 3.05) is 19.7 Å². The van der Waals surface area contributed by atoms with E-state index in [0.29, 0.717) is 17.9 Å². The third-order valence-electron chi connectivity index (χ3n) is 5.65. The van der Waals surface area contributed by atoms with E-state index in [9.17, 15) is 4.79 Å². The SMILES string of the molecule is CC(C)Cc1cnn(C2CCN(C(=O)C34CC(CO3)C4)CC2)c1. The maximum absolute atomic E-state index is 12.7. The molecule has 0 atom stereocenters. The molecule has 3 aliphatic heterocycles. The largest absolute Gasteiger partial charge is 0.365 e. The summed E-state index contributed by atoms with van der Waals surface area (Å²) in [7, 11) is 0. The number of carbonyl (C=O) groups is 1. The Morgan fingerprint density at radius 2 is 2.13 bits per heavy atom. The fourth-order valence-electron chi connectivity index (χ4n) is 4.40. The third-order valence-corrected chi connectivity index (χ3v) is 5.65. The number of hydrogen-bond donors (Lipinski definition) is 0. The minimum atomic E-state index is -0.437. The number of ether oxygens (including phenoxy) is 1. The highest BCUT2D eigenvalue weighted by Crippen LogP contribution is 2.49. The van der Waals surface area contributed by atoms with Gasteiger partial charge in [-0.3, -0.25) is 9.48 Å². The lowest BCUT2D eigenvalue weighted by Gasteiger charge is -2.41. The fourth-order valence-corrected chi connectivity index (χ4v) is 4.40. The number of amides is 1. The number of fused-ring (bicyclic) bond motifs is 1. The van der Waals surface area contributed by atoms with Crippen LogP contribution in [0.15, 0.2) is 12.4 Å². The molecule has 23 heavy (non-hydrogen) atoms. The smallest absolute Gasteiger partial charge is 0.254 e. The van der Waals surface area contributed by atoms with Crippen molar-refractivity contribution in [3.05, 3.63) is 18.0 Å². The Morgan fingerprint density at radius 1 is 1.39 bits per heavy atom. The zero-order chi connectivity index (χ0) is 16.0. The van der Waals surface area contributed by atoms with Crippen LogP contribution < -0.4 is 0 Å². The Balaban J connectivity index is 1.34. The van der Waals surface area contributed by atoms with Crippen molar-refractivity contribution in [3.63, 3.8) is 0 Å². The van der Waals surface area contributed by atoms with Gasteiger partial charge in [-0.15, -0.1) is 0 Å². The quantitative estimate of drug-likeness (QED) is 0.857. The Bertz CT molecular complexity index is 575. The molecule has 2 bridgehead atoms. The van der Waals surface area contributed by atoms with Crippen LogP contribution in [0.4, 0.5) is 0 Å². The first-order chi connectivity index (χ1) is 11.1. The first-order valence-corrected chi connectivity index (χ1v) is 9.02. The summed E-state index contributed by atoms with van der Waals surface area (Å²) in [5.74, 6) is 1.54. The molecule has 5 rings (SSSR count). The lowest BCUT2D eigenvalue weighted by atomic mass is 9.73. The average Bonchev–Trinajstić information content (AvgIpc) is 3.21. The molecule has 1 saturated carbocycles. The maximum atomic E-state index is 12.7. The van der Waals surface area contributed by atoms with Crippen molar-refractivity contribution >= 4 is 5.91 Å². The molecule has 0 unspecified atom stereocenters. The van der Waals surface area contributed by atoms with E-state index in [1.54, 1.807) is 0 Å². The highest BCUT2D eigenvalue weighted by atomic mass is 16.5. The molecule has 1 aliphatic carbocycles. The number of nitrogens with zero attached hydrogens (tertiary/aromatic N) is 3. The van der Waals surface area contributed by atoms with Crippen molar-refractivity contribution in [1.29, 1.82) is 0 Å². The van der Waals surface area contributed by atoms with E-state index < -0.39 is 5.60 Å². The van der Waals surface area contributed by atoms with Crippen LogP contribution in [0.1, 0.15) is 51.1 Å². The van der Waals surface area contributed by atoms with Gasteiger partial charge in [0.1, 0.15) is 5.60 Å². The van der Waals surface area contributed by atoms with Gasteiger partial charge >= 0.3 is 0 Å². The van der Waals surface area contributed by atoms with Crippen LogP contribution in [-0.4, -0.2) is 45.9 Å². The van der Waals surface area contributed by atoms with Crippen molar-refractivity contribution in [1.82, 2.24) is 14.7 Å². The van der Waals surface area contributed by atoms with Crippen LogP contribution in [0.25, 0.3) is 0 Å². The van der Waals surface area contributed by atoms with Crippen LogP contribution in [0.2, 0.25) is 0 Å². The summed E-state index contributed by atoms with van der Waals surface area (Å²) in [5.41, 5.74) is 0.880. The van der Waals surface area contributed by atoms with E-state index in [2.05, 4.69) is 29.8 Å². The molecular weight excluding hydrogens is 290 g/mol. The summed E-state index contributed by atoms with van der Waals surface area (Å²) in [5, 5.41) is 4.55. The van der Waals surface area contributed by atoms with Crippen LogP contribution in [-0.2, 0) is 16.0 Å². The molecule has 0 N–H and O–H groups in total. The van der Waals surface area contributed by atoms with E-state index in [1.807, 2.05) is 11.1 Å². The molecule has 0 radical (unpaired) electrons. The van der Waals surface area contributed by atoms with Gasteiger partial charge in [-0.05, 0) is 49.5 Å². The van der Waals surface area contributed by atoms with Gasteiger partial charge in [0.25, 0.3) is 5.91 Å². The van der Waals surface area contributed by atoms with Gasteiger partial charge in [-0.1, -0.05) is 13.8 Å². The second-order valence-corrected chi connectivity index (χ2v) is 8.03. The summed E-state index contributed by atoms with van der Waals surface area (Å²) in [6.45, 7) is 6.92. The van der Waals surface area contributed by atoms with Crippen LogP contribution in [0, 0.1) is 11.8 Å². The second-order valence-electron chi connectivity index (χ2n) is 8.03. The molecule has 4 heterocycles. The molecule has 0 spiro atoms. The Morgan fingerprint density at radius 3 is 2.74 bits per heavy atom. The lowest BCUT2D eigenvalue weighted by Crippen LogP contribution is -2.54. The fraction of sp³-hybridized carbons (Fsp3) is 0.778. The Kier molecular flexibility index (Phi) is 3.71. The van der Waals surface area contributed by atoms with Gasteiger partial charge in [0.05, 0.1) is 18.8 Å². The number of carbonyl (C=O) groups excluding carboxylic acids is 1. The molecule has 5 nitrogen and oxygen atoms in total. The Labute approximate surface area is 138 Å². The van der Waals surface area contributed by atoms with E-state index in [-0.39, 0.29) is 5.91 Å². The molecule has 5 heteroatoms. The second kappa shape index (κ2) is 5.62. The molecule has 0 aromatic carbocycles. The standard InChI is InChI=1S/C18H27N3O2/c1-13(2)7-14-10-19-21(11-14)16-3-5-20(6-4-16)17(22)18-8-15(9-18)12-23-18/h10-11,13,15-16H,3-9,12H2,1-2H3. The summed E-state index contributed by atoms with van der Waals surface area (Å²) < 4.78 is 7.89. The molecule has 4 aliphatic rings. The third kappa shape index (κ3) is 2.69. The van der Waals surface area contributed by atoms with E-state index >= 15 is 0 Å². The molecule has 4 fully saturated rings. The Hall–Kier alpha value is -1.36. The molecule has 1 aromatic rings. The number of aromatic nitrogens is 2. The van der Waals surface area contributed by atoms with Crippen LogP contribution in [0.3, 0.4) is 0 Å². The first kappa shape index (κ1) is 15.2. The minimum Gasteiger partial charge on any atom is -0.365 e. The molecule has 1 amide bonds. The minimum absolute atomic E-state index is 0.241. The predicted molar refractivity (Wildman–Crippen MR) is 87.0 cm³/mol. The molecule has 3 saturated heterocycles. The van der Waals surface area contributed by atoms with Crippen molar-refractivity contribution in [3.8, 4) is 0 Å². The van der Waals surface area contributed by atoms with Gasteiger partial charge in [-0.25, -0.2) is 0 Å². The van der Waals surface area contributed by atoms with Crippen LogP contribution in [0.5, 0.6) is 0 Å². The number of likely N-dealkylation sites (tertiary alicyclic amines) is 1. The van der Waals surface area contributed by atoms with Crippen LogP contribution >= 0.6 is 0 Å². The van der Waals surface area contributed by atoms with Gasteiger partial charge in [0.15, 0.2) is 0 Å². The monoisotopic (exact) mass is 317 g/mol. The van der Waals surface area contributed by atoms with Gasteiger partial charge in [0.2, 0.25) is 0 Å². The lowest BCUT2D eigenvalue weighted by molar-refractivity contribution is -0.156. The molecule has 1 aromatic heterocycles. The zero-order valence-electron chi connectivity index (χ0n) is 14.2. The maximum Gasteiger partial charge on any atom is 0.254 e. The van der Waals surface area contributed by atoms with Gasteiger partial charge in [0, 0.05) is 19.3 Å². The number of hydrogen-bond acceptors (Lipinski definition) is 3. The highest BCUT2D eigenvalue weighted by Gasteiger charge is 2.58. The zero-order valence-corrected chi connectivity index (χ0v) is 14.2. The highest BCUT2D eigenvalue weighted by molar-refractivity contribution is 5.87. The van der Waals surface area contributed by atoms with Crippen molar-refractivity contribution < 1.29 is 9.53 Å². The number of piperidine rings is 1. The predicted octanol–water partition coefficient (Wildman–Crippen LogP) is 2.42. The topological polar surface area (TPSA) is 47.4 Å². The van der Waals surface area contributed by atoms with Gasteiger partial charge in [-0.2, -0.15) is 5.10 Å². The summed E-state index contributed by atoms with van der Waals surface area (Å²) >= 11 is 0. The normalized spacial score (nSPS) is 30.7. The molecular formula is C18H27N3O2. The van der Waals surface area contributed by atoms with Gasteiger partial charge < -0.3 is 9.64 Å². The summed E-state index contributed by atoms with van der Waals surface area (Å²) in [4.78, 5) is 14.7.